The van der Waals surface area contributed by atoms with Crippen LogP contribution in [0.5, 0.6) is 5.75 Å². The van der Waals surface area contributed by atoms with Crippen molar-refractivity contribution in [2.24, 2.45) is 10.4 Å². The fourth-order valence-corrected chi connectivity index (χ4v) is 5.44. The van der Waals surface area contributed by atoms with Crippen LogP contribution in [0.15, 0.2) is 22.3 Å². The maximum atomic E-state index is 14.5. The summed E-state index contributed by atoms with van der Waals surface area (Å²) in [4.78, 5) is 31.4. The number of halogens is 1. The monoisotopic (exact) mass is 613 g/mol. The summed E-state index contributed by atoms with van der Waals surface area (Å²) in [6.07, 6.45) is 8.17. The SMILES string of the molecule is C#CCN1C(=O)COc2cc(F)c(N=c3snc4n3CC(C)(C)C4)cc21.CCNc1nc(NC(C)(C)C)nc(SC)n1. The molecule has 3 aromatic rings. The Hall–Kier alpha value is -3.70. The molecule has 0 unspecified atom stereocenters. The second-order valence-electron chi connectivity index (χ2n) is 11.5. The van der Waals surface area contributed by atoms with Crippen LogP contribution in [0, 0.1) is 23.6 Å². The number of thioether (sulfide) groups is 1. The van der Waals surface area contributed by atoms with Crippen molar-refractivity contribution >= 4 is 52.5 Å². The molecule has 1 aromatic carbocycles. The number of anilines is 3. The summed E-state index contributed by atoms with van der Waals surface area (Å²) in [5.74, 6) is 4.15. The van der Waals surface area contributed by atoms with E-state index in [4.69, 9.17) is 11.2 Å². The van der Waals surface area contributed by atoms with Crippen LogP contribution in [0.3, 0.4) is 0 Å². The van der Waals surface area contributed by atoms with Crippen molar-refractivity contribution in [3.05, 3.63) is 28.6 Å². The standard InChI is InChI=1S/C18H17FN4O2S.C10H19N5S/c1-4-5-22-13-7-12(11(19)6-14(13)25-9-16(22)24)20-17-23-10-18(2,3)8-15(23)21-26-17;1-6-11-7-12-8(15-10(2,3)4)14-9(13-7)16-5/h1,6-7H,5,8-10H2,2-3H3;6H2,1-5H3,(H2,11,12,13,14,15). The molecule has 1 amide bonds. The number of hydrogen-bond donors (Lipinski definition) is 2. The van der Waals surface area contributed by atoms with E-state index in [0.29, 0.717) is 28.1 Å². The van der Waals surface area contributed by atoms with Crippen LogP contribution in [-0.2, 0) is 17.8 Å². The van der Waals surface area contributed by atoms with Crippen LogP contribution in [-0.4, -0.2) is 61.3 Å². The Morgan fingerprint density at radius 3 is 2.67 bits per heavy atom. The molecule has 0 radical (unpaired) electrons. The van der Waals surface area contributed by atoms with E-state index in [1.807, 2.05) is 17.7 Å². The van der Waals surface area contributed by atoms with Gasteiger partial charge >= 0.3 is 0 Å². The molecular formula is C28H36FN9O2S2. The third kappa shape index (κ3) is 7.57. The average molecular weight is 614 g/mol. The van der Waals surface area contributed by atoms with Crippen molar-refractivity contribution in [1.82, 2.24) is 23.9 Å². The molecule has 14 heteroatoms. The summed E-state index contributed by atoms with van der Waals surface area (Å²) in [7, 11) is 0. The Labute approximate surface area is 253 Å². The van der Waals surface area contributed by atoms with Crippen molar-refractivity contribution in [2.75, 3.05) is 41.5 Å². The fraction of sp³-hybridized carbons (Fsp3) is 0.500. The van der Waals surface area contributed by atoms with E-state index < -0.39 is 5.82 Å². The van der Waals surface area contributed by atoms with Gasteiger partial charge in [0.05, 0.1) is 12.2 Å². The van der Waals surface area contributed by atoms with Gasteiger partial charge in [-0.15, -0.1) is 6.42 Å². The van der Waals surface area contributed by atoms with Crippen molar-refractivity contribution in [1.29, 1.82) is 0 Å². The number of benzene rings is 1. The predicted molar refractivity (Wildman–Crippen MR) is 165 cm³/mol. The van der Waals surface area contributed by atoms with Gasteiger partial charge in [0.15, 0.2) is 17.6 Å². The molecule has 2 aromatic heterocycles. The normalized spacial score (nSPS) is 15.6. The highest BCUT2D eigenvalue weighted by molar-refractivity contribution is 7.98. The molecule has 5 rings (SSSR count). The smallest absolute Gasteiger partial charge is 0.265 e. The first-order valence-electron chi connectivity index (χ1n) is 13.4. The Balaban J connectivity index is 0.000000219. The van der Waals surface area contributed by atoms with E-state index in [9.17, 15) is 9.18 Å². The minimum Gasteiger partial charge on any atom is -0.481 e. The zero-order valence-corrected chi connectivity index (χ0v) is 26.5. The molecule has 2 aliphatic rings. The van der Waals surface area contributed by atoms with Crippen LogP contribution in [0.1, 0.15) is 47.4 Å². The molecule has 2 N–H and O–H groups in total. The second-order valence-corrected chi connectivity index (χ2v) is 13.0. The number of amides is 1. The topological polar surface area (TPSA) is 122 Å². The maximum absolute atomic E-state index is 14.5. The number of carbonyl (C=O) groups excluding carboxylic acids is 1. The number of terminal acetylenes is 1. The molecule has 0 spiro atoms. The molecular weight excluding hydrogens is 578 g/mol. The molecule has 0 saturated carbocycles. The summed E-state index contributed by atoms with van der Waals surface area (Å²) in [6.45, 7) is 14.1. The Bertz CT molecular complexity index is 1570. The maximum Gasteiger partial charge on any atom is 0.265 e. The number of ether oxygens (including phenoxy) is 1. The highest BCUT2D eigenvalue weighted by Crippen LogP contribution is 2.37. The largest absolute Gasteiger partial charge is 0.481 e. The minimum absolute atomic E-state index is 0.0550. The van der Waals surface area contributed by atoms with E-state index in [1.54, 1.807) is 0 Å². The molecule has 0 aliphatic carbocycles. The predicted octanol–water partition coefficient (Wildman–Crippen LogP) is 4.49. The first kappa shape index (κ1) is 31.2. The quantitative estimate of drug-likeness (QED) is 0.306. The lowest BCUT2D eigenvalue weighted by Gasteiger charge is -2.28. The van der Waals surface area contributed by atoms with Gasteiger partial charge in [-0.2, -0.15) is 19.3 Å². The number of aromatic nitrogens is 5. The molecule has 0 atom stereocenters. The summed E-state index contributed by atoms with van der Waals surface area (Å²) < 4.78 is 26.3. The van der Waals surface area contributed by atoms with E-state index >= 15 is 0 Å². The van der Waals surface area contributed by atoms with Crippen molar-refractivity contribution in [2.45, 2.75) is 65.2 Å². The van der Waals surface area contributed by atoms with E-state index in [2.05, 4.69) is 75.5 Å². The Kier molecular flexibility index (Phi) is 9.42. The van der Waals surface area contributed by atoms with Crippen molar-refractivity contribution in [3.8, 4) is 18.1 Å². The van der Waals surface area contributed by atoms with Gasteiger partial charge in [-0.05, 0) is 45.4 Å². The van der Waals surface area contributed by atoms with Gasteiger partial charge in [0.1, 0.15) is 17.3 Å². The van der Waals surface area contributed by atoms with Gasteiger partial charge in [0.2, 0.25) is 16.7 Å². The molecule has 42 heavy (non-hydrogen) atoms. The van der Waals surface area contributed by atoms with Gasteiger partial charge < -0.3 is 19.9 Å². The van der Waals surface area contributed by atoms with Crippen LogP contribution in [0.2, 0.25) is 0 Å². The van der Waals surface area contributed by atoms with Crippen LogP contribution >= 0.6 is 23.3 Å². The second kappa shape index (κ2) is 12.7. The Morgan fingerprint density at radius 2 is 2.00 bits per heavy atom. The van der Waals surface area contributed by atoms with Gasteiger partial charge in [0, 0.05) is 42.6 Å². The molecule has 0 fully saturated rings. The van der Waals surface area contributed by atoms with Crippen LogP contribution in [0.4, 0.5) is 27.7 Å². The summed E-state index contributed by atoms with van der Waals surface area (Å²) >= 11 is 2.75. The number of nitrogens with one attached hydrogen (secondary N) is 2. The first-order chi connectivity index (χ1) is 19.8. The zero-order valence-electron chi connectivity index (χ0n) is 24.9. The lowest BCUT2D eigenvalue weighted by atomic mass is 9.92. The number of fused-ring (bicyclic) bond motifs is 2. The molecule has 224 valence electrons. The third-order valence-electron chi connectivity index (χ3n) is 6.05. The van der Waals surface area contributed by atoms with Gasteiger partial charge in [-0.3, -0.25) is 9.69 Å². The zero-order chi connectivity index (χ0) is 30.7. The average Bonchev–Trinajstić information content (AvgIpc) is 3.41. The number of carbonyl (C=O) groups is 1. The third-order valence-corrected chi connectivity index (χ3v) is 7.38. The number of rotatable bonds is 6. The Morgan fingerprint density at radius 1 is 1.26 bits per heavy atom. The van der Waals surface area contributed by atoms with Gasteiger partial charge in [0.25, 0.3) is 5.91 Å². The molecule has 0 saturated heterocycles. The van der Waals surface area contributed by atoms with Crippen LogP contribution in [0.25, 0.3) is 0 Å². The summed E-state index contributed by atoms with van der Waals surface area (Å²) in [5.41, 5.74) is 0.623. The molecule has 4 heterocycles. The minimum atomic E-state index is -0.515. The van der Waals surface area contributed by atoms with Crippen molar-refractivity contribution < 1.29 is 13.9 Å². The number of hydrogen-bond acceptors (Lipinski definition) is 11. The molecule has 11 nitrogen and oxygen atoms in total. The lowest BCUT2D eigenvalue weighted by molar-refractivity contribution is -0.121. The fourth-order valence-electron chi connectivity index (χ4n) is 4.32. The van der Waals surface area contributed by atoms with E-state index in [-0.39, 0.29) is 35.7 Å². The highest BCUT2D eigenvalue weighted by Gasteiger charge is 2.31. The molecule has 2 aliphatic heterocycles. The lowest BCUT2D eigenvalue weighted by Crippen LogP contribution is -2.39. The van der Waals surface area contributed by atoms with E-state index in [0.717, 1.165) is 30.5 Å². The summed E-state index contributed by atoms with van der Waals surface area (Å²) in [6, 6.07) is 2.76. The van der Waals surface area contributed by atoms with Crippen LogP contribution < -0.4 is 25.1 Å². The van der Waals surface area contributed by atoms with Gasteiger partial charge in [-0.25, -0.2) is 9.38 Å². The van der Waals surface area contributed by atoms with Gasteiger partial charge in [-0.1, -0.05) is 31.5 Å². The first-order valence-corrected chi connectivity index (χ1v) is 15.4. The van der Waals surface area contributed by atoms with Crippen molar-refractivity contribution in [3.63, 3.8) is 0 Å². The molecule has 0 bridgehead atoms. The number of nitrogens with zero attached hydrogens (tertiary/aromatic N) is 7. The summed E-state index contributed by atoms with van der Waals surface area (Å²) in [5, 5.41) is 7.05. The highest BCUT2D eigenvalue weighted by atomic mass is 32.2. The van der Waals surface area contributed by atoms with E-state index in [1.165, 1.54) is 40.3 Å².